The number of amides is 1. The van der Waals surface area contributed by atoms with E-state index in [-0.39, 0.29) is 24.2 Å². The highest BCUT2D eigenvalue weighted by Gasteiger charge is 2.43. The summed E-state index contributed by atoms with van der Waals surface area (Å²) >= 11 is 0. The molecule has 4 aliphatic heterocycles. The van der Waals surface area contributed by atoms with Crippen LogP contribution in [0.2, 0.25) is 0 Å². The minimum absolute atomic E-state index is 0.0140. The number of nitrogens with one attached hydrogen (secondary N) is 1. The Kier molecular flexibility index (Phi) is 5.81. The number of carbonyl (C=O) groups is 1. The molecule has 1 aromatic carbocycles. The molecule has 10 heteroatoms. The van der Waals surface area contributed by atoms with Gasteiger partial charge in [0.05, 0.1) is 19.6 Å². The van der Waals surface area contributed by atoms with Crippen molar-refractivity contribution < 1.29 is 19.0 Å². The van der Waals surface area contributed by atoms with E-state index in [0.29, 0.717) is 25.8 Å². The van der Waals surface area contributed by atoms with Gasteiger partial charge in [-0.2, -0.15) is 0 Å². The molecule has 0 radical (unpaired) electrons. The van der Waals surface area contributed by atoms with Crippen LogP contribution in [0, 0.1) is 5.92 Å². The average molecular weight is 517 g/mol. The molecule has 2 saturated heterocycles. The van der Waals surface area contributed by atoms with Gasteiger partial charge in [0.2, 0.25) is 5.91 Å². The number of ether oxygens (including phenoxy) is 3. The number of benzene rings is 1. The van der Waals surface area contributed by atoms with Gasteiger partial charge in [0.25, 0.3) is 0 Å². The van der Waals surface area contributed by atoms with Crippen molar-refractivity contribution in [2.45, 2.75) is 57.5 Å². The summed E-state index contributed by atoms with van der Waals surface area (Å²) in [6.07, 6.45) is 3.29. The zero-order valence-corrected chi connectivity index (χ0v) is 21.7. The molecular weight excluding hydrogens is 484 g/mol. The molecule has 4 atom stereocenters. The standard InChI is InChI=1S/C28H32N6O4/c1-16-6-7-24-31-32-26(34(16)24)21-4-3-5-23(29-21)30-27-25(38-27)20-12-19-14-33(28(35)18-9-11-37-15-18)10-8-17(19)13-22(20)36-2/h3-5,12-13,16,18,25,27H,6-11,14-15H2,1-2H3,(H,29,30)/t16-,18+,25?,27?/m0/s1. The summed E-state index contributed by atoms with van der Waals surface area (Å²) in [6, 6.07) is 10.5. The van der Waals surface area contributed by atoms with Crippen molar-refractivity contribution >= 4 is 11.7 Å². The zero-order valence-electron chi connectivity index (χ0n) is 21.7. The van der Waals surface area contributed by atoms with Gasteiger partial charge in [-0.25, -0.2) is 4.98 Å². The molecule has 2 unspecified atom stereocenters. The third-order valence-corrected chi connectivity index (χ3v) is 8.21. The Labute approximate surface area is 221 Å². The van der Waals surface area contributed by atoms with Crippen molar-refractivity contribution in [1.29, 1.82) is 0 Å². The number of hydrogen-bond acceptors (Lipinski definition) is 8. The first-order valence-electron chi connectivity index (χ1n) is 13.5. The Balaban J connectivity index is 1.08. The Morgan fingerprint density at radius 2 is 2.08 bits per heavy atom. The van der Waals surface area contributed by atoms with Gasteiger partial charge in [0.1, 0.15) is 29.2 Å². The van der Waals surface area contributed by atoms with Gasteiger partial charge in [-0.3, -0.25) is 4.79 Å². The maximum absolute atomic E-state index is 13.0. The normalized spacial score (nSPS) is 25.7. The van der Waals surface area contributed by atoms with Gasteiger partial charge in [-0.1, -0.05) is 6.07 Å². The lowest BCUT2D eigenvalue weighted by atomic mass is 9.94. The molecular formula is C28H32N6O4. The van der Waals surface area contributed by atoms with Crippen LogP contribution in [0.3, 0.4) is 0 Å². The lowest BCUT2D eigenvalue weighted by molar-refractivity contribution is -0.136. The fourth-order valence-corrected chi connectivity index (χ4v) is 6.02. The number of aromatic nitrogens is 4. The van der Waals surface area contributed by atoms with Gasteiger partial charge in [0, 0.05) is 37.7 Å². The molecule has 2 aromatic heterocycles. The van der Waals surface area contributed by atoms with Crippen molar-refractivity contribution in [3.05, 3.63) is 52.8 Å². The largest absolute Gasteiger partial charge is 0.496 e. The molecule has 10 nitrogen and oxygen atoms in total. The lowest BCUT2D eigenvalue weighted by Crippen LogP contribution is -2.40. The first kappa shape index (κ1) is 23.6. The topological polar surface area (TPSA) is 107 Å². The van der Waals surface area contributed by atoms with Gasteiger partial charge in [-0.05, 0) is 61.6 Å². The Morgan fingerprint density at radius 1 is 1.16 bits per heavy atom. The first-order chi connectivity index (χ1) is 18.6. The fraction of sp³-hybridized carbons (Fsp3) is 0.500. The number of rotatable bonds is 6. The highest BCUT2D eigenvalue weighted by molar-refractivity contribution is 5.79. The molecule has 1 amide bonds. The Hall–Kier alpha value is -3.50. The van der Waals surface area contributed by atoms with Gasteiger partial charge < -0.3 is 29.0 Å². The number of methoxy groups -OCH3 is 1. The quantitative estimate of drug-likeness (QED) is 0.498. The molecule has 1 N–H and O–H groups in total. The number of fused-ring (bicyclic) bond motifs is 2. The van der Waals surface area contributed by atoms with Crippen LogP contribution in [-0.4, -0.2) is 63.7 Å². The molecule has 0 spiro atoms. The van der Waals surface area contributed by atoms with Crippen molar-refractivity contribution in [2.75, 3.05) is 32.2 Å². The van der Waals surface area contributed by atoms with E-state index in [2.05, 4.69) is 39.1 Å². The number of anilines is 1. The minimum atomic E-state index is -0.218. The van der Waals surface area contributed by atoms with E-state index in [1.165, 1.54) is 5.56 Å². The van der Waals surface area contributed by atoms with Crippen LogP contribution in [0.1, 0.15) is 54.4 Å². The molecule has 0 bridgehead atoms. The van der Waals surface area contributed by atoms with Crippen molar-refractivity contribution in [2.24, 2.45) is 5.92 Å². The van der Waals surface area contributed by atoms with Crippen LogP contribution in [0.15, 0.2) is 30.3 Å². The van der Waals surface area contributed by atoms with Crippen LogP contribution in [0.5, 0.6) is 5.75 Å². The van der Waals surface area contributed by atoms with Crippen LogP contribution in [0.4, 0.5) is 5.82 Å². The van der Waals surface area contributed by atoms with Gasteiger partial charge in [-0.15, -0.1) is 10.2 Å². The number of aryl methyl sites for hydroxylation is 1. The first-order valence-corrected chi connectivity index (χ1v) is 13.5. The average Bonchev–Trinajstić information content (AvgIpc) is 3.30. The number of hydrogen-bond donors (Lipinski definition) is 1. The molecule has 0 saturated carbocycles. The second kappa shape index (κ2) is 9.36. The summed E-state index contributed by atoms with van der Waals surface area (Å²) in [6.45, 7) is 4.74. The molecule has 3 aromatic rings. The summed E-state index contributed by atoms with van der Waals surface area (Å²) in [5.41, 5.74) is 4.17. The lowest BCUT2D eigenvalue weighted by Gasteiger charge is -2.31. The van der Waals surface area contributed by atoms with E-state index in [9.17, 15) is 4.79 Å². The predicted octanol–water partition coefficient (Wildman–Crippen LogP) is 3.29. The maximum Gasteiger partial charge on any atom is 0.228 e. The number of epoxide rings is 1. The second-order valence-electron chi connectivity index (χ2n) is 10.7. The number of carbonyl (C=O) groups excluding carboxylic acids is 1. The monoisotopic (exact) mass is 516 g/mol. The van der Waals surface area contributed by atoms with Gasteiger partial charge in [0.15, 0.2) is 12.1 Å². The third kappa shape index (κ3) is 4.12. The molecule has 2 fully saturated rings. The summed E-state index contributed by atoms with van der Waals surface area (Å²) in [7, 11) is 1.69. The summed E-state index contributed by atoms with van der Waals surface area (Å²) < 4.78 is 19.4. The zero-order chi connectivity index (χ0) is 25.8. The van der Waals surface area contributed by atoms with E-state index in [0.717, 1.165) is 72.3 Å². The van der Waals surface area contributed by atoms with Crippen LogP contribution in [0.25, 0.3) is 11.5 Å². The summed E-state index contributed by atoms with van der Waals surface area (Å²) in [4.78, 5) is 19.8. The van der Waals surface area contributed by atoms with Gasteiger partial charge >= 0.3 is 0 Å². The van der Waals surface area contributed by atoms with Crippen molar-refractivity contribution in [3.8, 4) is 17.3 Å². The van der Waals surface area contributed by atoms with E-state index >= 15 is 0 Å². The van der Waals surface area contributed by atoms with Crippen molar-refractivity contribution in [1.82, 2.24) is 24.6 Å². The molecule has 7 rings (SSSR count). The Morgan fingerprint density at radius 3 is 2.92 bits per heavy atom. The summed E-state index contributed by atoms with van der Waals surface area (Å²) in [5, 5.41) is 12.2. The molecule has 0 aliphatic carbocycles. The van der Waals surface area contributed by atoms with Crippen LogP contribution in [-0.2, 0) is 33.7 Å². The number of nitrogens with zero attached hydrogens (tertiary/aromatic N) is 5. The maximum atomic E-state index is 13.0. The molecule has 6 heterocycles. The van der Waals surface area contributed by atoms with Crippen LogP contribution >= 0.6 is 0 Å². The number of pyridine rings is 1. The summed E-state index contributed by atoms with van der Waals surface area (Å²) in [5.74, 6) is 3.56. The Bertz CT molecular complexity index is 1380. The minimum Gasteiger partial charge on any atom is -0.496 e. The van der Waals surface area contributed by atoms with E-state index < -0.39 is 0 Å². The third-order valence-electron chi connectivity index (χ3n) is 8.21. The van der Waals surface area contributed by atoms with E-state index in [1.807, 2.05) is 23.1 Å². The van der Waals surface area contributed by atoms with E-state index in [4.69, 9.17) is 19.2 Å². The highest BCUT2D eigenvalue weighted by Crippen LogP contribution is 2.45. The predicted molar refractivity (Wildman–Crippen MR) is 139 cm³/mol. The van der Waals surface area contributed by atoms with Crippen molar-refractivity contribution in [3.63, 3.8) is 0 Å². The molecule has 4 aliphatic rings. The molecule has 38 heavy (non-hydrogen) atoms. The fourth-order valence-electron chi connectivity index (χ4n) is 6.02. The SMILES string of the molecule is COc1cc2c(cc1C1OC1Nc1cccc(-c3nnc4n3[C@@H](C)CC4)n1)CN(C(=O)[C@@H]1CCOC1)CC2. The highest BCUT2D eigenvalue weighted by atomic mass is 16.6. The smallest absolute Gasteiger partial charge is 0.228 e. The molecule has 198 valence electrons. The second-order valence-corrected chi connectivity index (χ2v) is 10.7. The van der Waals surface area contributed by atoms with Crippen LogP contribution < -0.4 is 10.1 Å². The van der Waals surface area contributed by atoms with E-state index in [1.54, 1.807) is 7.11 Å².